The zero-order valence-electron chi connectivity index (χ0n) is 18.9. The van der Waals surface area contributed by atoms with Crippen molar-refractivity contribution in [3.8, 4) is 0 Å². The summed E-state index contributed by atoms with van der Waals surface area (Å²) in [4.78, 5) is 13.0. The van der Waals surface area contributed by atoms with Gasteiger partial charge in [-0.3, -0.25) is 4.79 Å². The number of Topliss-reactive ketones (excluding diaryl/α,β-unsaturated/α-hetero) is 1. The molecule has 0 saturated carbocycles. The van der Waals surface area contributed by atoms with Crippen molar-refractivity contribution in [1.82, 2.24) is 8.61 Å². The van der Waals surface area contributed by atoms with Crippen molar-refractivity contribution < 1.29 is 26.4 Å². The number of rotatable bonds is 8. The van der Waals surface area contributed by atoms with Gasteiger partial charge in [0.25, 0.3) is 0 Å². The molecule has 0 unspecified atom stereocenters. The van der Waals surface area contributed by atoms with Crippen LogP contribution in [0.1, 0.15) is 29.6 Å². The largest absolute Gasteiger partial charge is 0.379 e. The lowest BCUT2D eigenvalue weighted by molar-refractivity contribution is 0.0730. The van der Waals surface area contributed by atoms with Crippen LogP contribution in [0.5, 0.6) is 0 Å². The van der Waals surface area contributed by atoms with Gasteiger partial charge in [-0.05, 0) is 61.4 Å². The molecule has 2 aliphatic rings. The van der Waals surface area contributed by atoms with E-state index in [1.54, 1.807) is 12.1 Å². The molecule has 0 atom stereocenters. The highest BCUT2D eigenvalue weighted by Crippen LogP contribution is 2.22. The van der Waals surface area contributed by atoms with Crippen LogP contribution in [0.2, 0.25) is 0 Å². The second-order valence-corrected chi connectivity index (χ2v) is 12.2. The van der Waals surface area contributed by atoms with E-state index in [0.29, 0.717) is 50.6 Å². The summed E-state index contributed by atoms with van der Waals surface area (Å²) in [5.41, 5.74) is 1.01. The molecule has 2 aromatic carbocycles. The minimum Gasteiger partial charge on any atom is -0.379 e. The van der Waals surface area contributed by atoms with E-state index in [9.17, 15) is 21.6 Å². The number of benzene rings is 2. The van der Waals surface area contributed by atoms with Gasteiger partial charge < -0.3 is 10.1 Å². The Kier molecular flexibility index (Phi) is 7.68. The van der Waals surface area contributed by atoms with E-state index in [-0.39, 0.29) is 22.1 Å². The van der Waals surface area contributed by atoms with Crippen molar-refractivity contribution in [3.63, 3.8) is 0 Å². The number of sulfonamides is 2. The highest BCUT2D eigenvalue weighted by molar-refractivity contribution is 7.89. The molecular formula is C23H29N3O6S2. The molecule has 0 aliphatic carbocycles. The molecule has 2 aromatic rings. The van der Waals surface area contributed by atoms with Crippen molar-refractivity contribution in [2.75, 3.05) is 51.3 Å². The molecule has 2 aliphatic heterocycles. The van der Waals surface area contributed by atoms with E-state index >= 15 is 0 Å². The van der Waals surface area contributed by atoms with Gasteiger partial charge in [0.15, 0.2) is 5.78 Å². The topological polar surface area (TPSA) is 113 Å². The molecule has 11 heteroatoms. The van der Waals surface area contributed by atoms with Gasteiger partial charge in [-0.15, -0.1) is 0 Å². The highest BCUT2D eigenvalue weighted by Gasteiger charge is 2.27. The predicted octanol–water partition coefficient (Wildman–Crippen LogP) is 2.18. The van der Waals surface area contributed by atoms with Gasteiger partial charge >= 0.3 is 0 Å². The maximum Gasteiger partial charge on any atom is 0.243 e. The van der Waals surface area contributed by atoms with Crippen LogP contribution in [-0.2, 0) is 24.8 Å². The molecule has 184 valence electrons. The van der Waals surface area contributed by atoms with Gasteiger partial charge in [0.2, 0.25) is 20.0 Å². The first-order valence-electron chi connectivity index (χ1n) is 11.3. The van der Waals surface area contributed by atoms with E-state index in [1.165, 1.54) is 45.0 Å². The number of hydrogen-bond acceptors (Lipinski definition) is 7. The normalized spacial score (nSPS) is 18.5. The summed E-state index contributed by atoms with van der Waals surface area (Å²) in [6.07, 6.45) is 2.77. The van der Waals surface area contributed by atoms with Gasteiger partial charge in [0, 0.05) is 37.4 Å². The second-order valence-electron chi connectivity index (χ2n) is 8.31. The molecule has 1 N–H and O–H groups in total. The minimum absolute atomic E-state index is 0.00617. The predicted molar refractivity (Wildman–Crippen MR) is 128 cm³/mol. The molecule has 0 amide bonds. The van der Waals surface area contributed by atoms with Crippen molar-refractivity contribution in [2.24, 2.45) is 0 Å². The van der Waals surface area contributed by atoms with Crippen molar-refractivity contribution >= 4 is 31.5 Å². The number of nitrogens with zero attached hydrogens (tertiary/aromatic N) is 2. The van der Waals surface area contributed by atoms with E-state index in [4.69, 9.17) is 4.74 Å². The zero-order chi connectivity index (χ0) is 24.2. The van der Waals surface area contributed by atoms with Crippen molar-refractivity contribution in [2.45, 2.75) is 29.1 Å². The smallest absolute Gasteiger partial charge is 0.243 e. The van der Waals surface area contributed by atoms with E-state index in [1.807, 2.05) is 0 Å². The van der Waals surface area contributed by atoms with Crippen LogP contribution in [0, 0.1) is 0 Å². The molecule has 9 nitrogen and oxygen atoms in total. The highest BCUT2D eigenvalue weighted by atomic mass is 32.2. The fourth-order valence-corrected chi connectivity index (χ4v) is 6.96. The number of hydrogen-bond donors (Lipinski definition) is 1. The van der Waals surface area contributed by atoms with Crippen LogP contribution in [0.3, 0.4) is 0 Å². The quantitative estimate of drug-likeness (QED) is 0.545. The van der Waals surface area contributed by atoms with Crippen LogP contribution >= 0.6 is 0 Å². The maximum absolute atomic E-state index is 12.8. The number of ketones is 1. The van der Waals surface area contributed by atoms with Gasteiger partial charge in [-0.2, -0.15) is 8.61 Å². The molecule has 0 radical (unpaired) electrons. The monoisotopic (exact) mass is 507 g/mol. The number of carbonyl (C=O) groups is 1. The lowest BCUT2D eigenvalue weighted by Crippen LogP contribution is -2.40. The number of carbonyl (C=O) groups excluding carboxylic acids is 1. The fraction of sp³-hybridized carbons (Fsp3) is 0.435. The first kappa shape index (κ1) is 24.8. The number of piperidine rings is 1. The van der Waals surface area contributed by atoms with Crippen molar-refractivity contribution in [3.05, 3.63) is 54.1 Å². The lowest BCUT2D eigenvalue weighted by Gasteiger charge is -2.26. The van der Waals surface area contributed by atoms with Crippen LogP contribution < -0.4 is 5.32 Å². The van der Waals surface area contributed by atoms with Crippen molar-refractivity contribution in [1.29, 1.82) is 0 Å². The molecule has 2 saturated heterocycles. The Labute approximate surface area is 200 Å². The first-order chi connectivity index (χ1) is 16.3. The molecule has 34 heavy (non-hydrogen) atoms. The molecular weight excluding hydrogens is 478 g/mol. The summed E-state index contributed by atoms with van der Waals surface area (Å²) in [6, 6.07) is 12.3. The Hall–Kier alpha value is -2.31. The SMILES string of the molecule is O=C(CNc1ccc(S(=O)(=O)N2CCOCC2)cc1)c1ccc(S(=O)(=O)N2CCCCC2)cc1. The molecule has 0 bridgehead atoms. The summed E-state index contributed by atoms with van der Waals surface area (Å²) >= 11 is 0. The third-order valence-corrected chi connectivity index (χ3v) is 9.87. The van der Waals surface area contributed by atoms with Crippen LogP contribution in [0.15, 0.2) is 58.3 Å². The number of morpholine rings is 1. The Morgan fingerprint density at radius 1 is 0.735 bits per heavy atom. The molecule has 2 heterocycles. The van der Waals surface area contributed by atoms with E-state index in [0.717, 1.165) is 19.3 Å². The standard InChI is InChI=1S/C23H29N3O6S2/c27-23(19-4-8-21(9-5-19)33(28,29)25-12-2-1-3-13-25)18-24-20-6-10-22(11-7-20)34(30,31)26-14-16-32-17-15-26/h4-11,24H,1-3,12-18H2. The van der Waals surface area contributed by atoms with E-state index < -0.39 is 20.0 Å². The van der Waals surface area contributed by atoms with Crippen LogP contribution in [0.25, 0.3) is 0 Å². The fourth-order valence-electron chi connectivity index (χ4n) is 4.03. The zero-order valence-corrected chi connectivity index (χ0v) is 20.5. The summed E-state index contributed by atoms with van der Waals surface area (Å²) in [6.45, 7) is 2.47. The molecule has 4 rings (SSSR count). The summed E-state index contributed by atoms with van der Waals surface area (Å²) in [7, 11) is -7.11. The van der Waals surface area contributed by atoms with Gasteiger partial charge in [-0.25, -0.2) is 16.8 Å². The first-order valence-corrected chi connectivity index (χ1v) is 14.2. The minimum atomic E-state index is -3.57. The Balaban J connectivity index is 1.35. The third-order valence-electron chi connectivity index (χ3n) is 6.04. The Morgan fingerprint density at radius 2 is 1.24 bits per heavy atom. The Morgan fingerprint density at radius 3 is 1.79 bits per heavy atom. The maximum atomic E-state index is 12.8. The molecule has 2 fully saturated rings. The molecule has 0 aromatic heterocycles. The van der Waals surface area contributed by atoms with Gasteiger partial charge in [0.1, 0.15) is 0 Å². The van der Waals surface area contributed by atoms with Gasteiger partial charge in [0.05, 0.1) is 29.5 Å². The van der Waals surface area contributed by atoms with Crippen LogP contribution in [-0.4, -0.2) is 77.2 Å². The average molecular weight is 508 g/mol. The lowest BCUT2D eigenvalue weighted by atomic mass is 10.1. The number of ether oxygens (including phenoxy) is 1. The summed E-state index contributed by atoms with van der Waals surface area (Å²) < 4.78 is 59.0. The average Bonchev–Trinajstić information content (AvgIpc) is 2.88. The van der Waals surface area contributed by atoms with Crippen LogP contribution in [0.4, 0.5) is 5.69 Å². The summed E-state index contributed by atoms with van der Waals surface area (Å²) in [5, 5.41) is 2.99. The second kappa shape index (κ2) is 10.5. The van der Waals surface area contributed by atoms with Gasteiger partial charge in [-0.1, -0.05) is 6.42 Å². The summed E-state index contributed by atoms with van der Waals surface area (Å²) in [5.74, 6) is -0.202. The molecule has 0 spiro atoms. The number of anilines is 1. The van der Waals surface area contributed by atoms with E-state index in [2.05, 4.69) is 5.32 Å². The number of nitrogens with one attached hydrogen (secondary N) is 1. The Bertz CT molecular complexity index is 1200. The third kappa shape index (κ3) is 5.49.